The Balaban J connectivity index is 2.02. The van der Waals surface area contributed by atoms with E-state index in [1.807, 2.05) is 48.5 Å². The maximum absolute atomic E-state index is 6.09. The van der Waals surface area contributed by atoms with Crippen LogP contribution in [0.25, 0.3) is 22.3 Å². The Morgan fingerprint density at radius 1 is 1.00 bits per heavy atom. The van der Waals surface area contributed by atoms with Crippen molar-refractivity contribution in [1.82, 2.24) is 0 Å². The number of nitrogens with one attached hydrogen (secondary N) is 1. The van der Waals surface area contributed by atoms with E-state index >= 15 is 0 Å². The smallest absolute Gasteiger partial charge is 0.136 e. The summed E-state index contributed by atoms with van der Waals surface area (Å²) in [4.78, 5) is 6.43. The minimum absolute atomic E-state index is 0.719. The van der Waals surface area contributed by atoms with E-state index in [0.29, 0.717) is 0 Å². The maximum Gasteiger partial charge on any atom is 0.136 e. The summed E-state index contributed by atoms with van der Waals surface area (Å²) < 4.78 is 6.09. The third kappa shape index (κ3) is 4.30. The minimum Gasteiger partial charge on any atom is -0.456 e. The van der Waals surface area contributed by atoms with E-state index in [1.54, 1.807) is 4.90 Å². The Hall–Kier alpha value is -2.10. The molecule has 0 aliphatic heterocycles. The van der Waals surface area contributed by atoms with Crippen molar-refractivity contribution < 1.29 is 9.32 Å². The van der Waals surface area contributed by atoms with Gasteiger partial charge in [0.15, 0.2) is 0 Å². The summed E-state index contributed by atoms with van der Waals surface area (Å²) in [5.41, 5.74) is 1.85. The topological polar surface area (TPSA) is 29.9 Å². The van der Waals surface area contributed by atoms with Crippen LogP contribution >= 0.6 is 11.6 Å². The first kappa shape index (κ1) is 17.7. The molecular weight excluding hydrogens is 332 g/mol. The van der Waals surface area contributed by atoms with Gasteiger partial charge in [-0.15, -0.1) is 0 Å². The molecule has 2 aromatic carbocycles. The molecular formula is C21H24ClN2O+. The summed E-state index contributed by atoms with van der Waals surface area (Å²) in [6.07, 6.45) is 0. The maximum atomic E-state index is 6.09. The number of halogens is 1. The molecule has 4 heteroatoms. The van der Waals surface area contributed by atoms with Gasteiger partial charge in [0.05, 0.1) is 31.5 Å². The van der Waals surface area contributed by atoms with E-state index in [1.165, 1.54) is 0 Å². The van der Waals surface area contributed by atoms with Gasteiger partial charge in [0, 0.05) is 22.0 Å². The molecule has 1 aromatic heterocycles. The molecule has 0 spiro atoms. The number of rotatable bonds is 6. The van der Waals surface area contributed by atoms with Gasteiger partial charge in [-0.3, -0.25) is 4.99 Å². The third-order valence-electron chi connectivity index (χ3n) is 4.53. The van der Waals surface area contributed by atoms with Gasteiger partial charge in [-0.1, -0.05) is 23.7 Å². The lowest BCUT2D eigenvalue weighted by Crippen LogP contribution is -3.11. The van der Waals surface area contributed by atoms with Crippen LogP contribution in [0.4, 0.5) is 0 Å². The number of hydrogen-bond acceptors (Lipinski definition) is 2. The fourth-order valence-electron chi connectivity index (χ4n) is 2.94. The molecule has 1 N–H and O–H groups in total. The Kier molecular flexibility index (Phi) is 5.90. The molecule has 130 valence electrons. The van der Waals surface area contributed by atoms with Gasteiger partial charge in [0.1, 0.15) is 11.3 Å². The Bertz CT molecular complexity index is 896. The summed E-state index contributed by atoms with van der Waals surface area (Å²) in [6, 6.07) is 17.8. The fraction of sp³-hybridized carbons (Fsp3) is 0.286. The van der Waals surface area contributed by atoms with Gasteiger partial charge in [-0.25, -0.2) is 0 Å². The van der Waals surface area contributed by atoms with Gasteiger partial charge in [-0.2, -0.15) is 0 Å². The van der Waals surface area contributed by atoms with Crippen molar-refractivity contribution in [2.45, 2.75) is 13.8 Å². The van der Waals surface area contributed by atoms with Crippen molar-refractivity contribution in [3.63, 3.8) is 0 Å². The molecule has 0 unspecified atom stereocenters. The normalized spacial score (nSPS) is 12.2. The Morgan fingerprint density at radius 2 is 1.72 bits per heavy atom. The van der Waals surface area contributed by atoms with E-state index in [0.717, 1.165) is 58.9 Å². The van der Waals surface area contributed by atoms with Crippen molar-refractivity contribution in [3.05, 3.63) is 65.0 Å². The molecule has 0 aliphatic rings. The quantitative estimate of drug-likeness (QED) is 0.719. The molecule has 0 saturated heterocycles. The SMILES string of the molecule is CC[NH+](CC)CCN=c1cc(-c2ccc(Cl)cc2)oc2ccccc12. The first-order chi connectivity index (χ1) is 12.2. The average molecular weight is 356 g/mol. The van der Waals surface area contributed by atoms with E-state index < -0.39 is 0 Å². The predicted molar refractivity (Wildman–Crippen MR) is 104 cm³/mol. The molecule has 3 rings (SSSR count). The number of benzene rings is 2. The third-order valence-corrected chi connectivity index (χ3v) is 4.78. The summed E-state index contributed by atoms with van der Waals surface area (Å²) in [7, 11) is 0. The molecule has 0 atom stereocenters. The van der Waals surface area contributed by atoms with Gasteiger partial charge in [-0.05, 0) is 50.2 Å². The molecule has 0 radical (unpaired) electrons. The first-order valence-electron chi connectivity index (χ1n) is 8.84. The summed E-state index contributed by atoms with van der Waals surface area (Å²) in [6.45, 7) is 8.55. The molecule has 1 heterocycles. The van der Waals surface area contributed by atoms with Crippen LogP contribution in [0.2, 0.25) is 5.02 Å². The number of nitrogens with zero attached hydrogens (tertiary/aromatic N) is 1. The second kappa shape index (κ2) is 8.32. The van der Waals surface area contributed by atoms with Crippen molar-refractivity contribution in [2.24, 2.45) is 4.99 Å². The summed E-state index contributed by atoms with van der Waals surface area (Å²) >= 11 is 6.00. The number of fused-ring (bicyclic) bond motifs is 1. The number of likely N-dealkylation sites (N-methyl/N-ethyl adjacent to an activating group) is 1. The lowest BCUT2D eigenvalue weighted by Gasteiger charge is -2.13. The number of quaternary nitrogens is 1. The van der Waals surface area contributed by atoms with E-state index in [9.17, 15) is 0 Å². The van der Waals surface area contributed by atoms with Gasteiger partial charge < -0.3 is 9.32 Å². The summed E-state index contributed by atoms with van der Waals surface area (Å²) in [5, 5.41) is 2.75. The van der Waals surface area contributed by atoms with Crippen LogP contribution in [0.1, 0.15) is 13.8 Å². The standard InChI is InChI=1S/C21H23ClN2O/c1-3-24(4-2)14-13-23-19-15-21(16-9-11-17(22)12-10-16)25-20-8-6-5-7-18(19)20/h5-12,15H,3-4,13-14H2,1-2H3/p+1. The molecule has 0 saturated carbocycles. The van der Waals surface area contributed by atoms with Crippen molar-refractivity contribution in [2.75, 3.05) is 26.2 Å². The molecule has 0 bridgehead atoms. The molecule has 3 aromatic rings. The van der Waals surface area contributed by atoms with Crippen LogP contribution in [0.3, 0.4) is 0 Å². The van der Waals surface area contributed by atoms with E-state index in [4.69, 9.17) is 21.0 Å². The lowest BCUT2D eigenvalue weighted by atomic mass is 10.1. The average Bonchev–Trinajstić information content (AvgIpc) is 2.65. The van der Waals surface area contributed by atoms with Crippen LogP contribution in [-0.4, -0.2) is 26.2 Å². The fourth-order valence-corrected chi connectivity index (χ4v) is 3.07. The van der Waals surface area contributed by atoms with Gasteiger partial charge in [0.2, 0.25) is 0 Å². The molecule has 0 aliphatic carbocycles. The number of para-hydroxylation sites is 1. The van der Waals surface area contributed by atoms with E-state index in [-0.39, 0.29) is 0 Å². The minimum atomic E-state index is 0.719. The van der Waals surface area contributed by atoms with Crippen molar-refractivity contribution >= 4 is 22.6 Å². The van der Waals surface area contributed by atoms with Crippen LogP contribution in [0.5, 0.6) is 0 Å². The highest BCUT2D eigenvalue weighted by Gasteiger charge is 2.06. The monoisotopic (exact) mass is 355 g/mol. The van der Waals surface area contributed by atoms with Crippen LogP contribution in [-0.2, 0) is 0 Å². The second-order valence-electron chi connectivity index (χ2n) is 6.09. The highest BCUT2D eigenvalue weighted by Crippen LogP contribution is 2.23. The number of hydrogen-bond donors (Lipinski definition) is 1. The second-order valence-corrected chi connectivity index (χ2v) is 6.52. The zero-order valence-corrected chi connectivity index (χ0v) is 15.5. The molecule has 0 fully saturated rings. The Labute approximate surface area is 153 Å². The van der Waals surface area contributed by atoms with Crippen molar-refractivity contribution in [1.29, 1.82) is 0 Å². The Morgan fingerprint density at radius 3 is 2.44 bits per heavy atom. The first-order valence-corrected chi connectivity index (χ1v) is 9.22. The van der Waals surface area contributed by atoms with Crippen molar-refractivity contribution in [3.8, 4) is 11.3 Å². The molecule has 0 amide bonds. The van der Waals surface area contributed by atoms with Crippen LogP contribution in [0, 0.1) is 0 Å². The van der Waals surface area contributed by atoms with Gasteiger partial charge in [0.25, 0.3) is 0 Å². The van der Waals surface area contributed by atoms with Crippen LogP contribution < -0.4 is 10.3 Å². The molecule has 3 nitrogen and oxygen atoms in total. The largest absolute Gasteiger partial charge is 0.456 e. The zero-order valence-electron chi connectivity index (χ0n) is 14.8. The highest BCUT2D eigenvalue weighted by atomic mass is 35.5. The molecule has 25 heavy (non-hydrogen) atoms. The lowest BCUT2D eigenvalue weighted by molar-refractivity contribution is -0.894. The predicted octanol–water partition coefficient (Wildman–Crippen LogP) is 3.58. The van der Waals surface area contributed by atoms with Gasteiger partial charge >= 0.3 is 0 Å². The zero-order chi connectivity index (χ0) is 17.6. The summed E-state index contributed by atoms with van der Waals surface area (Å²) in [5.74, 6) is 0.810. The highest BCUT2D eigenvalue weighted by molar-refractivity contribution is 6.30. The van der Waals surface area contributed by atoms with Crippen LogP contribution in [0.15, 0.2) is 64.0 Å². The van der Waals surface area contributed by atoms with E-state index in [2.05, 4.69) is 19.9 Å².